The van der Waals surface area contributed by atoms with Crippen LogP contribution in [0, 0.1) is 17.6 Å². The minimum atomic E-state index is -4.87. The molecule has 2 aromatic carbocycles. The summed E-state index contributed by atoms with van der Waals surface area (Å²) < 4.78 is 78.9. The molecule has 0 bridgehead atoms. The number of aromatic nitrogens is 2. The van der Waals surface area contributed by atoms with Crippen molar-refractivity contribution >= 4 is 28.3 Å². The number of pyridine rings is 2. The standard InChI is InChI=1S/C33H29F5N4O5/c1-41-10-8-22(33(36,37)38)27(31(41)44)29-21-4-2-3-18(20(21)7-9-39-29)13-25(32(45)46)40-30(43)28-23(34)14-19(15-24(28)35)42-11-12-47-16-26(42)17-5-6-17/h2-4,7-10,14-15,17,25-26H,5-6,11-13,16H2,1H3,(H,40,43)(H,45,46)/t25-,26-/m0/s1. The maximum Gasteiger partial charge on any atom is 0.417 e. The molecule has 3 heterocycles. The van der Waals surface area contributed by atoms with Gasteiger partial charge < -0.3 is 24.6 Å². The van der Waals surface area contributed by atoms with Crippen molar-refractivity contribution in [1.82, 2.24) is 14.9 Å². The Morgan fingerprint density at radius 3 is 2.49 bits per heavy atom. The molecule has 2 atom stereocenters. The molecule has 2 fully saturated rings. The number of carboxylic acids is 1. The third-order valence-electron chi connectivity index (χ3n) is 8.65. The molecule has 0 spiro atoms. The third-order valence-corrected chi connectivity index (χ3v) is 8.65. The van der Waals surface area contributed by atoms with Crippen LogP contribution in [-0.4, -0.2) is 58.4 Å². The number of anilines is 1. The molecule has 2 aliphatic rings. The molecule has 9 nitrogen and oxygen atoms in total. The van der Waals surface area contributed by atoms with Crippen LogP contribution >= 0.6 is 0 Å². The summed E-state index contributed by atoms with van der Waals surface area (Å²) >= 11 is 0. The highest BCUT2D eigenvalue weighted by Gasteiger charge is 2.39. The first-order chi connectivity index (χ1) is 22.3. The number of aliphatic carboxylic acids is 1. The fourth-order valence-electron chi connectivity index (χ4n) is 6.15. The quantitative estimate of drug-likeness (QED) is 0.259. The number of hydrogen-bond acceptors (Lipinski definition) is 6. The molecule has 0 unspecified atom stereocenters. The molecule has 2 aromatic heterocycles. The molecule has 1 aliphatic carbocycles. The van der Waals surface area contributed by atoms with Crippen LogP contribution in [0.25, 0.3) is 22.0 Å². The van der Waals surface area contributed by atoms with Gasteiger partial charge in [-0.2, -0.15) is 13.2 Å². The van der Waals surface area contributed by atoms with Crippen molar-refractivity contribution in [3.8, 4) is 11.3 Å². The summed E-state index contributed by atoms with van der Waals surface area (Å²) in [6.07, 6.45) is -1.11. The number of carbonyl (C=O) groups is 2. The van der Waals surface area contributed by atoms with Gasteiger partial charge in [0.1, 0.15) is 23.2 Å². The number of hydrogen-bond donors (Lipinski definition) is 2. The minimum Gasteiger partial charge on any atom is -0.480 e. The molecule has 1 saturated heterocycles. The number of nitrogens with one attached hydrogen (secondary N) is 1. The largest absolute Gasteiger partial charge is 0.480 e. The maximum atomic E-state index is 15.3. The molecular formula is C33H29F5N4O5. The summed E-state index contributed by atoms with van der Waals surface area (Å²) in [5.41, 5.74) is -3.48. The van der Waals surface area contributed by atoms with Gasteiger partial charge in [-0.15, -0.1) is 0 Å². The van der Waals surface area contributed by atoms with E-state index in [1.54, 1.807) is 0 Å². The molecule has 1 saturated carbocycles. The highest BCUT2D eigenvalue weighted by Crippen LogP contribution is 2.39. The zero-order valence-corrected chi connectivity index (χ0v) is 25.0. The van der Waals surface area contributed by atoms with Gasteiger partial charge in [-0.1, -0.05) is 18.2 Å². The summed E-state index contributed by atoms with van der Waals surface area (Å²) in [4.78, 5) is 44.3. The molecule has 2 N–H and O–H groups in total. The molecule has 246 valence electrons. The fourth-order valence-corrected chi connectivity index (χ4v) is 6.15. The van der Waals surface area contributed by atoms with Gasteiger partial charge in [0, 0.05) is 43.5 Å². The van der Waals surface area contributed by atoms with E-state index in [1.165, 1.54) is 37.5 Å². The molecular weight excluding hydrogens is 627 g/mol. The molecule has 14 heteroatoms. The van der Waals surface area contributed by atoms with Crippen LogP contribution in [0.3, 0.4) is 0 Å². The van der Waals surface area contributed by atoms with Crippen molar-refractivity contribution in [2.24, 2.45) is 13.0 Å². The molecule has 4 aromatic rings. The number of benzene rings is 2. The van der Waals surface area contributed by atoms with Gasteiger partial charge in [-0.05, 0) is 54.0 Å². The normalized spacial score (nSPS) is 17.5. The monoisotopic (exact) mass is 656 g/mol. The lowest BCUT2D eigenvalue weighted by Crippen LogP contribution is -2.47. The van der Waals surface area contributed by atoms with Crippen molar-refractivity contribution in [1.29, 1.82) is 0 Å². The highest BCUT2D eigenvalue weighted by atomic mass is 19.4. The van der Waals surface area contributed by atoms with E-state index in [1.807, 2.05) is 4.90 Å². The number of aryl methyl sites for hydroxylation is 1. The van der Waals surface area contributed by atoms with Crippen LogP contribution in [-0.2, 0) is 29.2 Å². The second-order valence-electron chi connectivity index (χ2n) is 11.7. The number of halogens is 5. The van der Waals surface area contributed by atoms with Crippen molar-refractivity contribution in [2.45, 2.75) is 37.5 Å². The van der Waals surface area contributed by atoms with E-state index in [9.17, 15) is 32.7 Å². The Morgan fingerprint density at radius 1 is 1.11 bits per heavy atom. The SMILES string of the molecule is Cn1ccc(C(F)(F)F)c(-c2nccc3c(C[C@H](NC(=O)c4c(F)cc(N5CCOC[C@H]5C5CC5)cc4F)C(=O)O)cccc23)c1=O. The summed E-state index contributed by atoms with van der Waals surface area (Å²) in [6, 6.07) is 6.98. The molecule has 1 aliphatic heterocycles. The summed E-state index contributed by atoms with van der Waals surface area (Å²) in [7, 11) is 1.30. The zero-order chi connectivity index (χ0) is 33.6. The van der Waals surface area contributed by atoms with Crippen molar-refractivity contribution in [3.63, 3.8) is 0 Å². The second kappa shape index (κ2) is 12.4. The van der Waals surface area contributed by atoms with Crippen LogP contribution in [0.4, 0.5) is 27.6 Å². The lowest BCUT2D eigenvalue weighted by molar-refractivity contribution is -0.139. The molecule has 47 heavy (non-hydrogen) atoms. The van der Waals surface area contributed by atoms with Gasteiger partial charge in [-0.3, -0.25) is 14.6 Å². The van der Waals surface area contributed by atoms with Crippen LogP contribution in [0.5, 0.6) is 0 Å². The Balaban J connectivity index is 1.30. The van der Waals surface area contributed by atoms with Gasteiger partial charge in [0.2, 0.25) is 0 Å². The van der Waals surface area contributed by atoms with Crippen LogP contribution in [0.1, 0.15) is 34.3 Å². The maximum absolute atomic E-state index is 15.3. The van der Waals surface area contributed by atoms with Crippen LogP contribution < -0.4 is 15.8 Å². The van der Waals surface area contributed by atoms with E-state index < -0.39 is 64.4 Å². The van der Waals surface area contributed by atoms with E-state index >= 15 is 8.78 Å². The Kier molecular flexibility index (Phi) is 8.47. The second-order valence-corrected chi connectivity index (χ2v) is 11.7. The first-order valence-electron chi connectivity index (χ1n) is 14.9. The Bertz CT molecular complexity index is 1920. The number of morpholine rings is 1. The van der Waals surface area contributed by atoms with Gasteiger partial charge in [0.15, 0.2) is 0 Å². The molecule has 1 amide bonds. The number of nitrogens with zero attached hydrogens (tertiary/aromatic N) is 3. The Morgan fingerprint density at radius 2 is 1.83 bits per heavy atom. The number of rotatable bonds is 8. The number of carbonyl (C=O) groups excluding carboxylic acids is 1. The highest BCUT2D eigenvalue weighted by molar-refractivity contribution is 5.99. The average Bonchev–Trinajstić information content (AvgIpc) is 3.87. The zero-order valence-electron chi connectivity index (χ0n) is 25.0. The van der Waals surface area contributed by atoms with Gasteiger partial charge in [0.05, 0.1) is 36.1 Å². The van der Waals surface area contributed by atoms with Crippen LogP contribution in [0.2, 0.25) is 0 Å². The van der Waals surface area contributed by atoms with Crippen molar-refractivity contribution in [3.05, 3.63) is 93.5 Å². The minimum absolute atomic E-state index is 0.0417. The van der Waals surface area contributed by atoms with Gasteiger partial charge >= 0.3 is 12.1 Å². The molecule has 0 radical (unpaired) electrons. The first kappa shape index (κ1) is 32.1. The Labute approximate surface area is 264 Å². The summed E-state index contributed by atoms with van der Waals surface area (Å²) in [6.45, 7) is 1.23. The average molecular weight is 657 g/mol. The first-order valence-corrected chi connectivity index (χ1v) is 14.9. The van der Waals surface area contributed by atoms with Crippen molar-refractivity contribution < 1.29 is 41.4 Å². The van der Waals surface area contributed by atoms with Gasteiger partial charge in [0.25, 0.3) is 11.5 Å². The lowest BCUT2D eigenvalue weighted by atomic mass is 9.95. The number of alkyl halides is 3. The van der Waals surface area contributed by atoms with Gasteiger partial charge in [-0.25, -0.2) is 13.6 Å². The smallest absolute Gasteiger partial charge is 0.417 e. The number of carboxylic acid groups (broad SMARTS) is 1. The third kappa shape index (κ3) is 6.29. The summed E-state index contributed by atoms with van der Waals surface area (Å²) in [5, 5.41) is 12.6. The lowest BCUT2D eigenvalue weighted by Gasteiger charge is -2.37. The number of amides is 1. The Hall–Kier alpha value is -4.85. The van der Waals surface area contributed by atoms with Crippen LogP contribution in [0.15, 0.2) is 59.7 Å². The number of ether oxygens (including phenoxy) is 1. The predicted octanol–water partition coefficient (Wildman–Crippen LogP) is 4.94. The fraction of sp³-hybridized carbons (Fsp3) is 0.333. The molecule has 6 rings (SSSR count). The van der Waals surface area contributed by atoms with E-state index in [2.05, 4.69) is 10.3 Å². The van der Waals surface area contributed by atoms with E-state index in [0.717, 1.165) is 41.8 Å². The number of fused-ring (bicyclic) bond motifs is 1. The van der Waals surface area contributed by atoms with E-state index in [4.69, 9.17) is 4.74 Å². The summed E-state index contributed by atoms with van der Waals surface area (Å²) in [5.74, 6) is -4.77. The topological polar surface area (TPSA) is 114 Å². The van der Waals surface area contributed by atoms with E-state index in [0.29, 0.717) is 25.7 Å². The van der Waals surface area contributed by atoms with Crippen molar-refractivity contribution in [2.75, 3.05) is 24.7 Å². The predicted molar refractivity (Wildman–Crippen MR) is 161 cm³/mol. The van der Waals surface area contributed by atoms with E-state index in [-0.39, 0.29) is 33.8 Å².